The summed E-state index contributed by atoms with van der Waals surface area (Å²) in [6.45, 7) is 6.27. The van der Waals surface area contributed by atoms with Crippen molar-refractivity contribution in [1.29, 1.82) is 0 Å². The van der Waals surface area contributed by atoms with Gasteiger partial charge >= 0.3 is 0 Å². The Morgan fingerprint density at radius 1 is 0.871 bits per heavy atom. The molecule has 0 saturated heterocycles. The second-order valence-corrected chi connectivity index (χ2v) is 10.6. The van der Waals surface area contributed by atoms with Crippen LogP contribution in [0.2, 0.25) is 5.02 Å². The van der Waals surface area contributed by atoms with E-state index in [4.69, 9.17) is 11.6 Å². The number of halogens is 1. The molecule has 3 aromatic carbocycles. The highest BCUT2D eigenvalue weighted by molar-refractivity contribution is 7.92. The molecule has 0 amide bonds. The number of rotatable bonds is 4. The van der Waals surface area contributed by atoms with Crippen LogP contribution in [0, 0.1) is 0 Å². The summed E-state index contributed by atoms with van der Waals surface area (Å²) in [5, 5.41) is 2.52. The fourth-order valence-electron chi connectivity index (χ4n) is 3.39. The number of aromatic nitrogens is 1. The molecule has 0 spiro atoms. The molecule has 0 aliphatic heterocycles. The lowest BCUT2D eigenvalue weighted by Gasteiger charge is -2.19. The highest BCUT2D eigenvalue weighted by Gasteiger charge is 2.20. The molecule has 1 N–H and O–H groups in total. The van der Waals surface area contributed by atoms with Crippen molar-refractivity contribution in [2.24, 2.45) is 0 Å². The minimum atomic E-state index is -3.78. The predicted octanol–water partition coefficient (Wildman–Crippen LogP) is 6.65. The number of anilines is 1. The summed E-state index contributed by atoms with van der Waals surface area (Å²) in [7, 11) is -3.78. The number of nitrogens with one attached hydrogen (secondary N) is 1. The zero-order valence-corrected chi connectivity index (χ0v) is 19.1. The predicted molar refractivity (Wildman–Crippen MR) is 128 cm³/mol. The van der Waals surface area contributed by atoms with E-state index in [1.54, 1.807) is 36.5 Å². The number of sulfonamides is 1. The van der Waals surface area contributed by atoms with Gasteiger partial charge in [-0.15, -0.1) is 0 Å². The SMILES string of the molecule is CC(C)(C)c1ccc(S(=O)(=O)Nc2ccc(Cl)cc2-c2cc3ccccc3cn2)cc1. The van der Waals surface area contributed by atoms with Gasteiger partial charge in [-0.05, 0) is 52.8 Å². The van der Waals surface area contributed by atoms with Crippen molar-refractivity contribution in [2.75, 3.05) is 4.72 Å². The number of benzene rings is 3. The average molecular weight is 451 g/mol. The van der Waals surface area contributed by atoms with E-state index < -0.39 is 10.0 Å². The lowest BCUT2D eigenvalue weighted by Crippen LogP contribution is -2.15. The van der Waals surface area contributed by atoms with Gasteiger partial charge in [0.25, 0.3) is 10.0 Å². The zero-order chi connectivity index (χ0) is 22.2. The molecule has 0 fully saturated rings. The van der Waals surface area contributed by atoms with Crippen LogP contribution in [-0.2, 0) is 15.4 Å². The zero-order valence-electron chi connectivity index (χ0n) is 17.6. The molecule has 0 bridgehead atoms. The second kappa shape index (κ2) is 7.98. The molecule has 0 unspecified atom stereocenters. The van der Waals surface area contributed by atoms with Gasteiger partial charge in [-0.25, -0.2) is 8.42 Å². The number of nitrogens with zero attached hydrogens (tertiary/aromatic N) is 1. The van der Waals surface area contributed by atoms with Gasteiger partial charge < -0.3 is 0 Å². The van der Waals surface area contributed by atoms with Gasteiger partial charge in [0.1, 0.15) is 0 Å². The van der Waals surface area contributed by atoms with Crippen LogP contribution in [0.5, 0.6) is 0 Å². The van der Waals surface area contributed by atoms with Crippen molar-refractivity contribution < 1.29 is 8.42 Å². The average Bonchev–Trinajstić information content (AvgIpc) is 2.74. The monoisotopic (exact) mass is 450 g/mol. The van der Waals surface area contributed by atoms with Crippen LogP contribution in [0.25, 0.3) is 22.0 Å². The second-order valence-electron chi connectivity index (χ2n) is 8.49. The quantitative estimate of drug-likeness (QED) is 0.378. The summed E-state index contributed by atoms with van der Waals surface area (Å²) < 4.78 is 28.9. The lowest BCUT2D eigenvalue weighted by atomic mass is 9.87. The minimum absolute atomic E-state index is 0.0547. The first-order chi connectivity index (χ1) is 14.6. The third kappa shape index (κ3) is 4.58. The van der Waals surface area contributed by atoms with Crippen LogP contribution in [0.1, 0.15) is 26.3 Å². The number of hydrogen-bond acceptors (Lipinski definition) is 3. The summed E-state index contributed by atoms with van der Waals surface area (Å²) in [6.07, 6.45) is 1.77. The standard InChI is InChI=1S/C25H23ClN2O2S/c1-25(2,3)19-8-11-21(12-9-19)31(29,30)28-23-13-10-20(26)15-22(23)24-14-17-6-4-5-7-18(17)16-27-24/h4-16,28H,1-3H3. The Kier molecular flexibility index (Phi) is 5.50. The lowest BCUT2D eigenvalue weighted by molar-refractivity contribution is 0.587. The Morgan fingerprint density at radius 3 is 2.23 bits per heavy atom. The first-order valence-corrected chi connectivity index (χ1v) is 11.8. The maximum atomic E-state index is 13.1. The largest absolute Gasteiger partial charge is 0.279 e. The molecule has 4 rings (SSSR count). The Morgan fingerprint density at radius 2 is 1.55 bits per heavy atom. The molecule has 4 aromatic rings. The van der Waals surface area contributed by atoms with Gasteiger partial charge in [0.2, 0.25) is 0 Å². The molecular weight excluding hydrogens is 428 g/mol. The summed E-state index contributed by atoms with van der Waals surface area (Å²) >= 11 is 6.23. The molecule has 31 heavy (non-hydrogen) atoms. The van der Waals surface area contributed by atoms with Gasteiger partial charge in [0.05, 0.1) is 16.3 Å². The highest BCUT2D eigenvalue weighted by atomic mass is 35.5. The summed E-state index contributed by atoms with van der Waals surface area (Å²) in [5.74, 6) is 0. The molecule has 6 heteroatoms. The Labute approximate surface area is 188 Å². The molecular formula is C25H23ClN2O2S. The highest BCUT2D eigenvalue weighted by Crippen LogP contribution is 2.33. The van der Waals surface area contributed by atoms with Crippen LogP contribution in [0.15, 0.2) is 83.9 Å². The molecule has 0 radical (unpaired) electrons. The molecule has 0 saturated carbocycles. The van der Waals surface area contributed by atoms with E-state index >= 15 is 0 Å². The van der Waals surface area contributed by atoms with Crippen LogP contribution in [0.4, 0.5) is 5.69 Å². The molecule has 1 aromatic heterocycles. The van der Waals surface area contributed by atoms with E-state index in [0.29, 0.717) is 22.0 Å². The van der Waals surface area contributed by atoms with E-state index in [-0.39, 0.29) is 10.3 Å². The van der Waals surface area contributed by atoms with Crippen LogP contribution in [0.3, 0.4) is 0 Å². The molecule has 158 valence electrons. The third-order valence-electron chi connectivity index (χ3n) is 5.16. The van der Waals surface area contributed by atoms with E-state index in [0.717, 1.165) is 16.3 Å². The molecule has 0 atom stereocenters. The maximum Gasteiger partial charge on any atom is 0.261 e. The van der Waals surface area contributed by atoms with E-state index in [2.05, 4.69) is 30.5 Å². The first-order valence-electron chi connectivity index (χ1n) is 9.92. The van der Waals surface area contributed by atoms with Gasteiger partial charge in [-0.3, -0.25) is 9.71 Å². The first kappa shape index (κ1) is 21.3. The fraction of sp³-hybridized carbons (Fsp3) is 0.160. The van der Waals surface area contributed by atoms with E-state index in [1.165, 1.54) is 0 Å². The fourth-order valence-corrected chi connectivity index (χ4v) is 4.64. The molecule has 0 aliphatic rings. The van der Waals surface area contributed by atoms with Crippen molar-refractivity contribution in [3.63, 3.8) is 0 Å². The van der Waals surface area contributed by atoms with E-state index in [1.807, 2.05) is 42.5 Å². The van der Waals surface area contributed by atoms with Crippen LogP contribution >= 0.6 is 11.6 Å². The molecule has 1 heterocycles. The summed E-state index contributed by atoms with van der Waals surface area (Å²) in [5.41, 5.74) is 2.70. The van der Waals surface area contributed by atoms with Gasteiger partial charge in [-0.2, -0.15) is 0 Å². The van der Waals surface area contributed by atoms with Crippen molar-refractivity contribution >= 4 is 38.1 Å². The number of pyridine rings is 1. The van der Waals surface area contributed by atoms with Crippen LogP contribution in [-0.4, -0.2) is 13.4 Å². The van der Waals surface area contributed by atoms with Gasteiger partial charge in [0, 0.05) is 22.2 Å². The van der Waals surface area contributed by atoms with Gasteiger partial charge in [0.15, 0.2) is 0 Å². The van der Waals surface area contributed by atoms with Crippen molar-refractivity contribution in [1.82, 2.24) is 4.98 Å². The topological polar surface area (TPSA) is 59.1 Å². The third-order valence-corrected chi connectivity index (χ3v) is 6.78. The minimum Gasteiger partial charge on any atom is -0.279 e. The molecule has 4 nitrogen and oxygen atoms in total. The number of fused-ring (bicyclic) bond motifs is 1. The normalized spacial score (nSPS) is 12.1. The molecule has 0 aliphatic carbocycles. The Bertz CT molecular complexity index is 1360. The van der Waals surface area contributed by atoms with Gasteiger partial charge in [-0.1, -0.05) is 68.8 Å². The smallest absolute Gasteiger partial charge is 0.261 e. The summed E-state index contributed by atoms with van der Waals surface area (Å²) in [4.78, 5) is 4.73. The van der Waals surface area contributed by atoms with E-state index in [9.17, 15) is 8.42 Å². The summed E-state index contributed by atoms with van der Waals surface area (Å²) in [6, 6.07) is 21.8. The Balaban J connectivity index is 1.73. The van der Waals surface area contributed by atoms with Crippen molar-refractivity contribution in [3.05, 3.63) is 89.6 Å². The van der Waals surface area contributed by atoms with Crippen molar-refractivity contribution in [2.45, 2.75) is 31.1 Å². The number of hydrogen-bond donors (Lipinski definition) is 1. The Hall–Kier alpha value is -2.89. The maximum absolute atomic E-state index is 13.1. The van der Waals surface area contributed by atoms with Crippen molar-refractivity contribution in [3.8, 4) is 11.3 Å². The van der Waals surface area contributed by atoms with Crippen LogP contribution < -0.4 is 4.72 Å².